The molecule has 5 nitrogen and oxygen atoms in total. The van der Waals surface area contributed by atoms with E-state index in [2.05, 4.69) is 23.3 Å². The lowest BCUT2D eigenvalue weighted by Crippen LogP contribution is -2.24. The van der Waals surface area contributed by atoms with Crippen molar-refractivity contribution in [2.45, 2.75) is 27.3 Å². The molecule has 0 atom stereocenters. The molecule has 2 aromatic heterocycles. The standard InChI is InChI=1S/C22H20N2O3/c1-12-4-6-16-19(25)10-21(27-20(16)8-12)22(26)23-11-15-5-7-18-17(9-15)13(2)14(3)24-18/h4-10,24H,11H2,1-3H3,(H,23,26). The summed E-state index contributed by atoms with van der Waals surface area (Å²) in [5, 5.41) is 4.45. The van der Waals surface area contributed by atoms with Crippen LogP contribution >= 0.6 is 0 Å². The van der Waals surface area contributed by atoms with Gasteiger partial charge >= 0.3 is 0 Å². The van der Waals surface area contributed by atoms with E-state index >= 15 is 0 Å². The van der Waals surface area contributed by atoms with Crippen molar-refractivity contribution in [1.82, 2.24) is 10.3 Å². The van der Waals surface area contributed by atoms with Crippen molar-refractivity contribution in [3.05, 3.63) is 80.8 Å². The number of aryl methyl sites for hydroxylation is 3. The average Bonchev–Trinajstić information content (AvgIpc) is 2.93. The van der Waals surface area contributed by atoms with E-state index in [-0.39, 0.29) is 11.2 Å². The SMILES string of the molecule is Cc1ccc2c(=O)cc(C(=O)NCc3ccc4[nH]c(C)c(C)c4c3)oc2c1. The van der Waals surface area contributed by atoms with Gasteiger partial charge in [-0.1, -0.05) is 12.1 Å². The minimum atomic E-state index is -0.405. The fourth-order valence-electron chi connectivity index (χ4n) is 3.26. The zero-order valence-corrected chi connectivity index (χ0v) is 15.5. The fraction of sp³-hybridized carbons (Fsp3) is 0.182. The summed E-state index contributed by atoms with van der Waals surface area (Å²) in [4.78, 5) is 28.1. The van der Waals surface area contributed by atoms with Crippen LogP contribution in [0.15, 0.2) is 51.7 Å². The van der Waals surface area contributed by atoms with Gasteiger partial charge in [-0.15, -0.1) is 0 Å². The summed E-state index contributed by atoms with van der Waals surface area (Å²) in [5.41, 5.74) is 5.57. The van der Waals surface area contributed by atoms with Gasteiger partial charge in [-0.05, 0) is 61.7 Å². The lowest BCUT2D eigenvalue weighted by Gasteiger charge is -2.07. The van der Waals surface area contributed by atoms with E-state index in [0.29, 0.717) is 17.5 Å². The first-order chi connectivity index (χ1) is 12.9. The molecule has 136 valence electrons. The molecular weight excluding hydrogens is 340 g/mol. The Kier molecular flexibility index (Phi) is 4.07. The third-order valence-corrected chi connectivity index (χ3v) is 4.93. The topological polar surface area (TPSA) is 75.1 Å². The van der Waals surface area contributed by atoms with Gasteiger partial charge in [0.15, 0.2) is 11.2 Å². The number of amides is 1. The van der Waals surface area contributed by atoms with Crippen LogP contribution in [0.1, 0.15) is 32.9 Å². The second-order valence-electron chi connectivity index (χ2n) is 6.91. The first kappa shape index (κ1) is 17.1. The van der Waals surface area contributed by atoms with Crippen LogP contribution in [0.3, 0.4) is 0 Å². The highest BCUT2D eigenvalue weighted by molar-refractivity contribution is 5.93. The molecule has 27 heavy (non-hydrogen) atoms. The van der Waals surface area contributed by atoms with Crippen LogP contribution in [0.5, 0.6) is 0 Å². The smallest absolute Gasteiger partial charge is 0.287 e. The van der Waals surface area contributed by atoms with E-state index in [1.807, 2.05) is 32.0 Å². The molecular formula is C22H20N2O3. The maximum absolute atomic E-state index is 12.5. The molecule has 0 saturated heterocycles. The highest BCUT2D eigenvalue weighted by Crippen LogP contribution is 2.22. The van der Waals surface area contributed by atoms with Crippen LogP contribution in [-0.2, 0) is 6.54 Å². The van der Waals surface area contributed by atoms with Crippen molar-refractivity contribution in [3.63, 3.8) is 0 Å². The third kappa shape index (κ3) is 3.12. The second-order valence-corrected chi connectivity index (χ2v) is 6.91. The van der Waals surface area contributed by atoms with Gasteiger partial charge < -0.3 is 14.7 Å². The maximum Gasteiger partial charge on any atom is 0.287 e. The molecule has 5 heteroatoms. The number of aromatic nitrogens is 1. The number of H-pyrrole nitrogens is 1. The Morgan fingerprint density at radius 2 is 1.85 bits per heavy atom. The summed E-state index contributed by atoms with van der Waals surface area (Å²) >= 11 is 0. The number of rotatable bonds is 3. The summed E-state index contributed by atoms with van der Waals surface area (Å²) < 4.78 is 5.65. The molecule has 1 amide bonds. The summed E-state index contributed by atoms with van der Waals surface area (Å²) in [6.45, 7) is 6.38. The number of hydrogen-bond donors (Lipinski definition) is 2. The minimum absolute atomic E-state index is 0.0212. The molecule has 0 aliphatic carbocycles. The second kappa shape index (κ2) is 6.43. The molecule has 0 fully saturated rings. The molecule has 4 rings (SSSR count). The quantitative estimate of drug-likeness (QED) is 0.577. The van der Waals surface area contributed by atoms with Gasteiger partial charge in [0.05, 0.1) is 5.39 Å². The minimum Gasteiger partial charge on any atom is -0.451 e. The van der Waals surface area contributed by atoms with Crippen molar-refractivity contribution in [2.24, 2.45) is 0 Å². The number of carbonyl (C=O) groups is 1. The first-order valence-electron chi connectivity index (χ1n) is 8.83. The highest BCUT2D eigenvalue weighted by Gasteiger charge is 2.13. The Morgan fingerprint density at radius 3 is 2.67 bits per heavy atom. The van der Waals surface area contributed by atoms with E-state index in [4.69, 9.17) is 4.42 Å². The highest BCUT2D eigenvalue weighted by atomic mass is 16.3. The van der Waals surface area contributed by atoms with Crippen LogP contribution < -0.4 is 10.7 Å². The van der Waals surface area contributed by atoms with Crippen molar-refractivity contribution < 1.29 is 9.21 Å². The van der Waals surface area contributed by atoms with Gasteiger partial charge in [0.25, 0.3) is 5.91 Å². The molecule has 2 heterocycles. The van der Waals surface area contributed by atoms with E-state index in [0.717, 1.165) is 27.7 Å². The van der Waals surface area contributed by atoms with Gasteiger partial charge in [0, 0.05) is 29.2 Å². The van der Waals surface area contributed by atoms with Gasteiger partial charge in [0.1, 0.15) is 5.58 Å². The van der Waals surface area contributed by atoms with Gasteiger partial charge in [-0.3, -0.25) is 9.59 Å². The van der Waals surface area contributed by atoms with Crippen LogP contribution in [0.25, 0.3) is 21.9 Å². The zero-order valence-electron chi connectivity index (χ0n) is 15.5. The molecule has 0 aliphatic rings. The molecule has 4 aromatic rings. The number of benzene rings is 2. The normalized spacial score (nSPS) is 11.2. The Balaban J connectivity index is 1.58. The predicted octanol–water partition coefficient (Wildman–Crippen LogP) is 4.13. The monoisotopic (exact) mass is 360 g/mol. The zero-order chi connectivity index (χ0) is 19.1. The van der Waals surface area contributed by atoms with E-state index in [9.17, 15) is 9.59 Å². The lowest BCUT2D eigenvalue weighted by molar-refractivity contribution is 0.0923. The number of aromatic amines is 1. The summed E-state index contributed by atoms with van der Waals surface area (Å²) in [7, 11) is 0. The number of carbonyl (C=O) groups excluding carboxylic acids is 1. The van der Waals surface area contributed by atoms with Crippen LogP contribution in [0.4, 0.5) is 0 Å². The molecule has 0 radical (unpaired) electrons. The van der Waals surface area contributed by atoms with Gasteiger partial charge in [-0.2, -0.15) is 0 Å². The fourth-order valence-corrected chi connectivity index (χ4v) is 3.26. The van der Waals surface area contributed by atoms with Crippen LogP contribution in [-0.4, -0.2) is 10.9 Å². The Morgan fingerprint density at radius 1 is 1.04 bits per heavy atom. The lowest BCUT2D eigenvalue weighted by atomic mass is 10.1. The van der Waals surface area contributed by atoms with Gasteiger partial charge in [-0.25, -0.2) is 0 Å². The molecule has 2 N–H and O–H groups in total. The maximum atomic E-state index is 12.5. The van der Waals surface area contributed by atoms with E-state index < -0.39 is 5.91 Å². The molecule has 0 saturated carbocycles. The molecule has 2 aromatic carbocycles. The largest absolute Gasteiger partial charge is 0.451 e. The van der Waals surface area contributed by atoms with Crippen LogP contribution in [0, 0.1) is 20.8 Å². The van der Waals surface area contributed by atoms with Crippen molar-refractivity contribution in [1.29, 1.82) is 0 Å². The van der Waals surface area contributed by atoms with Crippen molar-refractivity contribution in [2.75, 3.05) is 0 Å². The molecule has 0 bridgehead atoms. The Hall–Kier alpha value is -3.34. The summed E-state index contributed by atoms with van der Waals surface area (Å²) in [6.07, 6.45) is 0. The summed E-state index contributed by atoms with van der Waals surface area (Å²) in [5.74, 6) is -0.384. The molecule has 0 spiro atoms. The molecule has 0 aliphatic heterocycles. The number of fused-ring (bicyclic) bond motifs is 2. The van der Waals surface area contributed by atoms with Crippen LogP contribution in [0.2, 0.25) is 0 Å². The predicted molar refractivity (Wildman–Crippen MR) is 106 cm³/mol. The van der Waals surface area contributed by atoms with Crippen molar-refractivity contribution >= 4 is 27.8 Å². The number of hydrogen-bond acceptors (Lipinski definition) is 3. The van der Waals surface area contributed by atoms with Crippen molar-refractivity contribution in [3.8, 4) is 0 Å². The Labute approximate surface area is 156 Å². The summed E-state index contributed by atoms with van der Waals surface area (Å²) in [6, 6.07) is 12.6. The number of nitrogens with one attached hydrogen (secondary N) is 2. The first-order valence-corrected chi connectivity index (χ1v) is 8.83. The van der Waals surface area contributed by atoms with E-state index in [1.54, 1.807) is 12.1 Å². The Bertz CT molecular complexity index is 1250. The average molecular weight is 360 g/mol. The molecule has 0 unspecified atom stereocenters. The van der Waals surface area contributed by atoms with E-state index in [1.165, 1.54) is 11.6 Å². The third-order valence-electron chi connectivity index (χ3n) is 4.93. The van der Waals surface area contributed by atoms with Gasteiger partial charge in [0.2, 0.25) is 0 Å².